The predicted molar refractivity (Wildman–Crippen MR) is 109 cm³/mol. The Labute approximate surface area is 174 Å². The highest BCUT2D eigenvalue weighted by atomic mass is 32.2. The minimum absolute atomic E-state index is 0.0294. The summed E-state index contributed by atoms with van der Waals surface area (Å²) in [4.78, 5) is 16.8. The summed E-state index contributed by atoms with van der Waals surface area (Å²) in [7, 11) is -2.03. The molecule has 0 radical (unpaired) electrons. The maximum absolute atomic E-state index is 12.8. The van der Waals surface area contributed by atoms with Gasteiger partial charge in [0.25, 0.3) is 0 Å². The van der Waals surface area contributed by atoms with Crippen LogP contribution in [0.5, 0.6) is 5.75 Å². The van der Waals surface area contributed by atoms with Crippen molar-refractivity contribution in [3.63, 3.8) is 0 Å². The predicted octanol–water partition coefficient (Wildman–Crippen LogP) is 1.43. The number of aromatic nitrogens is 3. The number of hydrogen-bond acceptors (Lipinski definition) is 7. The Morgan fingerprint density at radius 2 is 2.00 bits per heavy atom. The fourth-order valence-electron chi connectivity index (χ4n) is 3.10. The third-order valence-electron chi connectivity index (χ3n) is 4.73. The second-order valence-electron chi connectivity index (χ2n) is 6.70. The zero-order valence-electron chi connectivity index (χ0n) is 16.4. The lowest BCUT2D eigenvalue weighted by Gasteiger charge is -2.30. The number of thioether (sulfide) groups is 1. The summed E-state index contributed by atoms with van der Waals surface area (Å²) in [6.07, 6.45) is 1.02. The largest absolute Gasteiger partial charge is 0.497 e. The number of sulfonamides is 1. The van der Waals surface area contributed by atoms with E-state index in [-0.39, 0.29) is 16.7 Å². The molecule has 0 saturated carbocycles. The molecule has 29 heavy (non-hydrogen) atoms. The molecule has 3 rings (SSSR count). The van der Waals surface area contributed by atoms with Crippen LogP contribution in [0.2, 0.25) is 0 Å². The van der Waals surface area contributed by atoms with Crippen molar-refractivity contribution in [2.24, 2.45) is 5.92 Å². The molecule has 2 heterocycles. The maximum atomic E-state index is 12.8. The van der Waals surface area contributed by atoms with Gasteiger partial charge in [-0.25, -0.2) is 13.4 Å². The molecule has 1 aromatic carbocycles. The number of amides is 1. The van der Waals surface area contributed by atoms with E-state index in [1.807, 2.05) is 6.92 Å². The Morgan fingerprint density at radius 3 is 2.59 bits per heavy atom. The molecular weight excluding hydrogens is 414 g/mol. The second-order valence-corrected chi connectivity index (χ2v) is 9.70. The van der Waals surface area contributed by atoms with Crippen molar-refractivity contribution in [1.82, 2.24) is 24.8 Å². The van der Waals surface area contributed by atoms with Crippen LogP contribution in [0.15, 0.2) is 34.3 Å². The Kier molecular flexibility index (Phi) is 7.14. The van der Waals surface area contributed by atoms with E-state index in [1.165, 1.54) is 23.2 Å². The van der Waals surface area contributed by atoms with Gasteiger partial charge in [-0.15, -0.1) is 5.10 Å². The van der Waals surface area contributed by atoms with Crippen LogP contribution in [-0.4, -0.2) is 66.3 Å². The molecule has 158 valence electrons. The van der Waals surface area contributed by atoms with Gasteiger partial charge in [-0.1, -0.05) is 11.8 Å². The SMILES string of the molecule is COc1ccc(S(=O)(=O)N2CCC(C(=O)NCCSc3n[nH]c(C)n3)CC2)cc1. The summed E-state index contributed by atoms with van der Waals surface area (Å²) in [5.41, 5.74) is 0. The van der Waals surface area contributed by atoms with Crippen LogP contribution in [0.3, 0.4) is 0 Å². The Hall–Kier alpha value is -2.11. The van der Waals surface area contributed by atoms with Gasteiger partial charge in [0.15, 0.2) is 0 Å². The number of nitrogens with zero attached hydrogens (tertiary/aromatic N) is 3. The number of benzene rings is 1. The van der Waals surface area contributed by atoms with Gasteiger partial charge < -0.3 is 10.1 Å². The van der Waals surface area contributed by atoms with Crippen molar-refractivity contribution in [3.8, 4) is 5.75 Å². The number of aromatic amines is 1. The van der Waals surface area contributed by atoms with Crippen LogP contribution < -0.4 is 10.1 Å². The van der Waals surface area contributed by atoms with Crippen LogP contribution in [0, 0.1) is 12.8 Å². The molecule has 0 unspecified atom stereocenters. The lowest BCUT2D eigenvalue weighted by Crippen LogP contribution is -2.43. The third-order valence-corrected chi connectivity index (χ3v) is 7.49. The van der Waals surface area contributed by atoms with Crippen molar-refractivity contribution < 1.29 is 17.9 Å². The Morgan fingerprint density at radius 1 is 1.31 bits per heavy atom. The number of aryl methyl sites for hydroxylation is 1. The third kappa shape index (κ3) is 5.49. The van der Waals surface area contributed by atoms with Crippen molar-refractivity contribution in [2.45, 2.75) is 29.8 Å². The number of carbonyl (C=O) groups is 1. The molecule has 1 saturated heterocycles. The van der Waals surface area contributed by atoms with Gasteiger partial charge in [-0.3, -0.25) is 9.89 Å². The van der Waals surface area contributed by atoms with E-state index in [4.69, 9.17) is 4.74 Å². The average molecular weight is 440 g/mol. The van der Waals surface area contributed by atoms with Gasteiger partial charge >= 0.3 is 0 Å². The number of ether oxygens (including phenoxy) is 1. The van der Waals surface area contributed by atoms with E-state index in [9.17, 15) is 13.2 Å². The summed E-state index contributed by atoms with van der Waals surface area (Å²) >= 11 is 1.47. The monoisotopic (exact) mass is 439 g/mol. The standard InChI is InChI=1S/C18H25N5O4S2/c1-13-20-18(22-21-13)28-12-9-19-17(24)14-7-10-23(11-8-14)29(25,26)16-5-3-15(27-2)4-6-16/h3-6,14H,7-12H2,1-2H3,(H,19,24)(H,20,21,22). The van der Waals surface area contributed by atoms with Gasteiger partial charge in [0.05, 0.1) is 12.0 Å². The molecule has 0 aliphatic carbocycles. The molecule has 9 nitrogen and oxygen atoms in total. The van der Waals surface area contributed by atoms with Crippen LogP contribution in [0.1, 0.15) is 18.7 Å². The highest BCUT2D eigenvalue weighted by Gasteiger charge is 2.32. The minimum atomic E-state index is -3.56. The van der Waals surface area contributed by atoms with Gasteiger partial charge in [-0.2, -0.15) is 4.31 Å². The topological polar surface area (TPSA) is 117 Å². The first-order valence-electron chi connectivity index (χ1n) is 9.34. The van der Waals surface area contributed by atoms with Crippen molar-refractivity contribution in [3.05, 3.63) is 30.1 Å². The van der Waals surface area contributed by atoms with Crippen LogP contribution in [0.25, 0.3) is 0 Å². The second kappa shape index (κ2) is 9.59. The molecule has 1 aliphatic rings. The summed E-state index contributed by atoms with van der Waals surface area (Å²) in [6.45, 7) is 3.01. The van der Waals surface area contributed by atoms with Gasteiger partial charge in [0.1, 0.15) is 11.6 Å². The number of piperidine rings is 1. The molecule has 1 aromatic heterocycles. The van der Waals surface area contributed by atoms with Gasteiger partial charge in [0.2, 0.25) is 21.1 Å². The Balaban J connectivity index is 1.44. The summed E-state index contributed by atoms with van der Waals surface area (Å²) in [5.74, 6) is 1.84. The van der Waals surface area contributed by atoms with Gasteiger partial charge in [0, 0.05) is 31.3 Å². The van der Waals surface area contributed by atoms with Crippen LogP contribution in [-0.2, 0) is 14.8 Å². The van der Waals surface area contributed by atoms with Crippen molar-refractivity contribution >= 4 is 27.7 Å². The maximum Gasteiger partial charge on any atom is 0.243 e. The first kappa shape index (κ1) is 21.6. The number of rotatable bonds is 8. The van der Waals surface area contributed by atoms with Crippen LogP contribution >= 0.6 is 11.8 Å². The summed E-state index contributed by atoms with van der Waals surface area (Å²) in [5, 5.41) is 10.4. The first-order valence-corrected chi connectivity index (χ1v) is 11.8. The normalized spacial score (nSPS) is 15.9. The minimum Gasteiger partial charge on any atom is -0.497 e. The quantitative estimate of drug-likeness (QED) is 0.472. The number of hydrogen-bond donors (Lipinski definition) is 2. The smallest absolute Gasteiger partial charge is 0.243 e. The average Bonchev–Trinajstić information content (AvgIpc) is 3.16. The van der Waals surface area contributed by atoms with Gasteiger partial charge in [-0.05, 0) is 44.0 Å². The molecule has 2 N–H and O–H groups in total. The molecule has 1 amide bonds. The molecular formula is C18H25N5O4S2. The number of methoxy groups -OCH3 is 1. The highest BCUT2D eigenvalue weighted by molar-refractivity contribution is 7.99. The molecule has 2 aromatic rings. The fraction of sp³-hybridized carbons (Fsp3) is 0.500. The molecule has 11 heteroatoms. The number of H-pyrrole nitrogens is 1. The molecule has 0 atom stereocenters. The highest BCUT2D eigenvalue weighted by Crippen LogP contribution is 2.25. The van der Waals surface area contributed by atoms with E-state index in [0.717, 1.165) is 5.82 Å². The van der Waals surface area contributed by atoms with E-state index in [0.29, 0.717) is 49.1 Å². The zero-order valence-corrected chi connectivity index (χ0v) is 18.1. The zero-order chi connectivity index (χ0) is 20.9. The summed E-state index contributed by atoms with van der Waals surface area (Å²) < 4.78 is 32.1. The lowest BCUT2D eigenvalue weighted by atomic mass is 9.97. The molecule has 0 bridgehead atoms. The number of carbonyl (C=O) groups excluding carboxylic acids is 1. The van der Waals surface area contributed by atoms with Crippen molar-refractivity contribution in [1.29, 1.82) is 0 Å². The van der Waals surface area contributed by atoms with E-state index >= 15 is 0 Å². The van der Waals surface area contributed by atoms with E-state index < -0.39 is 10.0 Å². The van der Waals surface area contributed by atoms with Crippen LogP contribution in [0.4, 0.5) is 0 Å². The molecule has 1 fully saturated rings. The van der Waals surface area contributed by atoms with E-state index in [1.54, 1.807) is 24.3 Å². The molecule has 1 aliphatic heterocycles. The number of nitrogens with one attached hydrogen (secondary N) is 2. The first-order chi connectivity index (χ1) is 13.9. The molecule has 0 spiro atoms. The lowest BCUT2D eigenvalue weighted by molar-refractivity contribution is -0.125. The van der Waals surface area contributed by atoms with Crippen molar-refractivity contribution in [2.75, 3.05) is 32.5 Å². The fourth-order valence-corrected chi connectivity index (χ4v) is 5.27. The summed E-state index contributed by atoms with van der Waals surface area (Å²) in [6, 6.07) is 6.34. The van der Waals surface area contributed by atoms with E-state index in [2.05, 4.69) is 20.5 Å². The Bertz CT molecular complexity index is 922.